The predicted octanol–water partition coefficient (Wildman–Crippen LogP) is 6.42. The molecule has 2 aromatic rings. The number of carbonyl (C=O) groups is 1. The smallest absolute Gasteiger partial charge is 0.271 e. The number of thioether (sulfide) groups is 1. The highest BCUT2D eigenvalue weighted by Gasteiger charge is 2.35. The number of carbonyl (C=O) groups excluding carboxylic acids is 1. The van der Waals surface area contributed by atoms with Crippen LogP contribution in [0.25, 0.3) is 6.08 Å². The van der Waals surface area contributed by atoms with Gasteiger partial charge in [0.15, 0.2) is 16.7 Å². The van der Waals surface area contributed by atoms with Gasteiger partial charge in [-0.05, 0) is 78.6 Å². The largest absolute Gasteiger partial charge is 0.486 e. The predicted molar refractivity (Wildman–Crippen MR) is 135 cm³/mol. The molecule has 1 saturated heterocycles. The minimum absolute atomic E-state index is 0.118. The van der Waals surface area contributed by atoms with Crippen molar-refractivity contribution in [1.82, 2.24) is 0 Å². The molecule has 1 amide bonds. The summed E-state index contributed by atoms with van der Waals surface area (Å²) in [5.41, 5.74) is 3.59. The van der Waals surface area contributed by atoms with Gasteiger partial charge in [-0.3, -0.25) is 9.69 Å². The first-order valence-corrected chi connectivity index (χ1v) is 12.3. The van der Waals surface area contributed by atoms with Gasteiger partial charge < -0.3 is 9.47 Å². The van der Waals surface area contributed by atoms with E-state index < -0.39 is 0 Å². The lowest BCUT2D eigenvalue weighted by Gasteiger charge is -2.18. The number of anilines is 1. The van der Waals surface area contributed by atoms with Crippen molar-refractivity contribution in [1.29, 1.82) is 0 Å². The molecule has 0 bridgehead atoms. The van der Waals surface area contributed by atoms with Crippen molar-refractivity contribution < 1.29 is 18.7 Å². The third-order valence-corrected chi connectivity index (χ3v) is 6.79. The van der Waals surface area contributed by atoms with Crippen LogP contribution < -0.4 is 14.4 Å². The summed E-state index contributed by atoms with van der Waals surface area (Å²) in [5, 5.41) is 0.576. The number of nitrogens with zero attached hydrogens (tertiary/aromatic N) is 2. The summed E-state index contributed by atoms with van der Waals surface area (Å²) >= 11 is 1.33. The number of benzene rings is 2. The number of aliphatic imine (C=N–C) groups is 1. The summed E-state index contributed by atoms with van der Waals surface area (Å²) in [6, 6.07) is 13.6. The highest BCUT2D eigenvalue weighted by Crippen LogP contribution is 2.38. The highest BCUT2D eigenvalue weighted by atomic mass is 32.2. The maximum absolute atomic E-state index is 13.7. The number of fused-ring (bicyclic) bond motifs is 1. The second-order valence-corrected chi connectivity index (χ2v) is 9.16. The maximum atomic E-state index is 13.7. The van der Waals surface area contributed by atoms with Crippen LogP contribution in [0, 0.1) is 0 Å². The zero-order chi connectivity index (χ0) is 23.5. The number of hydrogen-bond acceptors (Lipinski definition) is 5. The minimum Gasteiger partial charge on any atom is -0.486 e. The lowest BCUT2D eigenvalue weighted by molar-refractivity contribution is -0.113. The molecule has 5 nitrogen and oxygen atoms in total. The first-order valence-electron chi connectivity index (χ1n) is 11.5. The molecular weight excluding hydrogens is 451 g/mol. The summed E-state index contributed by atoms with van der Waals surface area (Å²) in [7, 11) is 0. The molecule has 0 radical (unpaired) electrons. The molecule has 7 heteroatoms. The molecule has 2 aliphatic heterocycles. The van der Waals surface area contributed by atoms with Crippen molar-refractivity contribution in [3.05, 3.63) is 82.2 Å². The number of ether oxygens (including phenoxy) is 2. The lowest BCUT2D eigenvalue weighted by Crippen LogP contribution is -2.28. The van der Waals surface area contributed by atoms with Gasteiger partial charge in [0.25, 0.3) is 5.91 Å². The van der Waals surface area contributed by atoms with E-state index in [9.17, 15) is 9.18 Å². The number of allylic oxidation sites excluding steroid dienone is 4. The van der Waals surface area contributed by atoms with Crippen molar-refractivity contribution in [2.24, 2.45) is 4.99 Å². The van der Waals surface area contributed by atoms with Crippen LogP contribution in [0.5, 0.6) is 11.5 Å². The second-order valence-electron chi connectivity index (χ2n) is 8.15. The summed E-state index contributed by atoms with van der Waals surface area (Å²) in [6.07, 6.45) is 7.60. The SMILES string of the molecule is CCc1ccc(N2C(=O)/C(=C/c3ccc4c(c3)OCCO4)S/C2=N\C2=CCC=C(F)CC2)cc1. The van der Waals surface area contributed by atoms with Gasteiger partial charge in [-0.15, -0.1) is 0 Å². The molecule has 0 atom stereocenters. The van der Waals surface area contributed by atoms with Crippen LogP contribution in [0.4, 0.5) is 10.1 Å². The van der Waals surface area contributed by atoms with Gasteiger partial charge in [-0.25, -0.2) is 9.38 Å². The zero-order valence-corrected chi connectivity index (χ0v) is 19.7. The molecule has 0 spiro atoms. The van der Waals surface area contributed by atoms with E-state index in [1.54, 1.807) is 11.0 Å². The van der Waals surface area contributed by atoms with Crippen molar-refractivity contribution in [2.75, 3.05) is 18.1 Å². The first-order chi connectivity index (χ1) is 16.6. The standard InChI is InChI=1S/C27H25FN2O3S/c1-2-18-6-11-22(12-7-18)30-26(31)25(17-19-8-13-23-24(16-19)33-15-14-32-23)34-27(30)29-21-5-3-4-20(28)9-10-21/h4-8,11-13,16-17H,2-3,9-10,14-15H2,1H3/b25-17-,29-27-. The fourth-order valence-corrected chi connectivity index (χ4v) is 4.97. The van der Waals surface area contributed by atoms with Gasteiger partial charge in [-0.2, -0.15) is 0 Å². The Bertz CT molecular complexity index is 1230. The third kappa shape index (κ3) is 4.80. The molecule has 174 valence electrons. The fraction of sp³-hybridized carbons (Fsp3) is 0.259. The zero-order valence-electron chi connectivity index (χ0n) is 18.9. The molecule has 0 aromatic heterocycles. The molecule has 5 rings (SSSR count). The third-order valence-electron chi connectivity index (χ3n) is 5.83. The van der Waals surface area contributed by atoms with Crippen molar-refractivity contribution in [2.45, 2.75) is 32.6 Å². The number of hydrogen-bond donors (Lipinski definition) is 0. The molecule has 0 N–H and O–H groups in total. The van der Waals surface area contributed by atoms with Crippen LogP contribution in [0.1, 0.15) is 37.3 Å². The Hall–Kier alpha value is -3.32. The van der Waals surface area contributed by atoms with E-state index in [0.29, 0.717) is 54.0 Å². The summed E-state index contributed by atoms with van der Waals surface area (Å²) in [4.78, 5) is 20.5. The number of rotatable bonds is 4. The molecule has 1 aliphatic carbocycles. The molecule has 2 aromatic carbocycles. The molecule has 0 unspecified atom stereocenters. The van der Waals surface area contributed by atoms with Crippen LogP contribution in [0.3, 0.4) is 0 Å². The Balaban J connectivity index is 1.49. The summed E-state index contributed by atoms with van der Waals surface area (Å²) in [6.45, 7) is 3.13. The van der Waals surface area contributed by atoms with Gasteiger partial charge in [0.05, 0.1) is 16.4 Å². The molecular formula is C27H25FN2O3S. The van der Waals surface area contributed by atoms with Gasteiger partial charge >= 0.3 is 0 Å². The number of amidine groups is 1. The van der Waals surface area contributed by atoms with E-state index in [0.717, 1.165) is 23.4 Å². The van der Waals surface area contributed by atoms with Crippen LogP contribution in [-0.2, 0) is 11.2 Å². The molecule has 34 heavy (non-hydrogen) atoms. The number of aryl methyl sites for hydroxylation is 1. The average molecular weight is 477 g/mol. The van der Waals surface area contributed by atoms with Crippen LogP contribution in [0.15, 0.2) is 76.0 Å². The molecule has 1 fully saturated rings. The highest BCUT2D eigenvalue weighted by molar-refractivity contribution is 8.19. The maximum Gasteiger partial charge on any atom is 0.271 e. The van der Waals surface area contributed by atoms with E-state index >= 15 is 0 Å². The minimum atomic E-state index is -0.138. The quantitative estimate of drug-likeness (QED) is 0.478. The van der Waals surface area contributed by atoms with E-state index in [1.165, 1.54) is 17.3 Å². The van der Waals surface area contributed by atoms with Gasteiger partial charge in [0.1, 0.15) is 13.2 Å². The topological polar surface area (TPSA) is 51.1 Å². The average Bonchev–Trinajstić information content (AvgIpc) is 3.01. The second kappa shape index (κ2) is 9.89. The van der Waals surface area contributed by atoms with Gasteiger partial charge in [0, 0.05) is 12.1 Å². The normalized spacial score (nSPS) is 20.4. The molecule has 0 saturated carbocycles. The summed E-state index contributed by atoms with van der Waals surface area (Å²) in [5.74, 6) is 1.13. The lowest BCUT2D eigenvalue weighted by atomic mass is 10.1. The van der Waals surface area contributed by atoms with E-state index in [4.69, 9.17) is 14.5 Å². The Morgan fingerprint density at radius 1 is 1.06 bits per heavy atom. The monoisotopic (exact) mass is 476 g/mol. The van der Waals surface area contributed by atoms with Crippen LogP contribution >= 0.6 is 11.8 Å². The molecule has 3 aliphatic rings. The Morgan fingerprint density at radius 2 is 1.85 bits per heavy atom. The van der Waals surface area contributed by atoms with Crippen molar-refractivity contribution in [3.63, 3.8) is 0 Å². The van der Waals surface area contributed by atoms with Crippen molar-refractivity contribution >= 4 is 34.6 Å². The molecule has 2 heterocycles. The number of amides is 1. The first kappa shape index (κ1) is 22.5. The fourth-order valence-electron chi connectivity index (χ4n) is 3.96. The number of halogens is 1. The van der Waals surface area contributed by atoms with E-state index in [1.807, 2.05) is 54.6 Å². The van der Waals surface area contributed by atoms with E-state index in [2.05, 4.69) is 6.92 Å². The van der Waals surface area contributed by atoms with Crippen molar-refractivity contribution in [3.8, 4) is 11.5 Å². The van der Waals surface area contributed by atoms with Gasteiger partial charge in [-0.1, -0.05) is 31.2 Å². The van der Waals surface area contributed by atoms with E-state index in [-0.39, 0.29) is 11.7 Å². The Morgan fingerprint density at radius 3 is 2.65 bits per heavy atom. The Labute approximate surface area is 202 Å². The van der Waals surface area contributed by atoms with Crippen LogP contribution in [-0.4, -0.2) is 24.3 Å². The Kier molecular flexibility index (Phi) is 6.54. The summed E-state index contributed by atoms with van der Waals surface area (Å²) < 4.78 is 25.0. The van der Waals surface area contributed by atoms with Crippen LogP contribution in [0.2, 0.25) is 0 Å². The van der Waals surface area contributed by atoms with Gasteiger partial charge in [0.2, 0.25) is 0 Å².